The van der Waals surface area contributed by atoms with Crippen molar-refractivity contribution in [2.24, 2.45) is 0 Å². The maximum atomic E-state index is 11.8. The van der Waals surface area contributed by atoms with E-state index in [2.05, 4.69) is 6.07 Å². The van der Waals surface area contributed by atoms with E-state index in [9.17, 15) is 14.9 Å². The van der Waals surface area contributed by atoms with Crippen LogP contribution in [0.2, 0.25) is 0 Å². The van der Waals surface area contributed by atoms with Crippen LogP contribution in [0.4, 0.5) is 0 Å². The summed E-state index contributed by atoms with van der Waals surface area (Å²) in [6.45, 7) is -0.0261. The molecule has 0 radical (unpaired) electrons. The Kier molecular flexibility index (Phi) is 3.57. The number of fused-ring (bicyclic) bond motifs is 1. The number of nitriles is 1. The monoisotopic (exact) mass is 297 g/mol. The zero-order valence-corrected chi connectivity index (χ0v) is 11.9. The van der Waals surface area contributed by atoms with Crippen molar-refractivity contribution in [3.8, 4) is 6.07 Å². The lowest BCUT2D eigenvalue weighted by Gasteiger charge is -2.22. The predicted octanol–water partition coefficient (Wildman–Crippen LogP) is -0.462. The second-order valence-electron chi connectivity index (χ2n) is 5.05. The zero-order chi connectivity index (χ0) is 15.7. The van der Waals surface area contributed by atoms with E-state index in [1.54, 1.807) is 36.0 Å². The van der Waals surface area contributed by atoms with Gasteiger partial charge in [0.2, 0.25) is 0 Å². The Morgan fingerprint density at radius 1 is 1.23 bits per heavy atom. The minimum Gasteiger partial charge on any atom is -0.494 e. The molecule has 3 rings (SSSR count). The molecule has 0 aromatic carbocycles. The van der Waals surface area contributed by atoms with Crippen molar-refractivity contribution < 1.29 is 18.9 Å². The third kappa shape index (κ3) is 2.54. The minimum atomic E-state index is -1.21. The van der Waals surface area contributed by atoms with Crippen LogP contribution in [0.25, 0.3) is 5.52 Å². The van der Waals surface area contributed by atoms with Gasteiger partial charge in [-0.1, -0.05) is 6.07 Å². The van der Waals surface area contributed by atoms with Gasteiger partial charge in [-0.15, -0.1) is 0 Å². The lowest BCUT2D eigenvalue weighted by Crippen LogP contribution is -2.48. The van der Waals surface area contributed by atoms with Gasteiger partial charge in [-0.2, -0.15) is 5.26 Å². The first-order chi connectivity index (χ1) is 10.6. The summed E-state index contributed by atoms with van der Waals surface area (Å²) in [7, 11) is 0.416. The highest BCUT2D eigenvalue weighted by molar-refractivity contribution is 6.65. The molecule has 3 heterocycles. The van der Waals surface area contributed by atoms with Gasteiger partial charge in [0.15, 0.2) is 0 Å². The van der Waals surface area contributed by atoms with Crippen molar-refractivity contribution in [1.29, 1.82) is 5.26 Å². The highest BCUT2D eigenvalue weighted by Gasteiger charge is 2.37. The molecule has 22 heavy (non-hydrogen) atoms. The number of aromatic nitrogens is 1. The van der Waals surface area contributed by atoms with E-state index in [1.165, 1.54) is 4.90 Å². The molecule has 2 aromatic rings. The Bertz CT molecular complexity index is 775. The Morgan fingerprint density at radius 3 is 2.55 bits per heavy atom. The summed E-state index contributed by atoms with van der Waals surface area (Å²) in [4.78, 5) is 25.1. The molecule has 0 N–H and O–H groups in total. The van der Waals surface area contributed by atoms with Gasteiger partial charge in [-0.25, -0.2) is 0 Å². The number of likely N-dealkylation sites (N-methyl/N-ethyl adjacent to an activating group) is 1. The molecule has 2 aromatic heterocycles. The molecule has 7 nitrogen and oxygen atoms in total. The van der Waals surface area contributed by atoms with Crippen LogP contribution in [-0.4, -0.2) is 48.5 Å². The number of nitrogens with zero attached hydrogens (tertiary/aromatic N) is 3. The van der Waals surface area contributed by atoms with E-state index in [0.717, 1.165) is 0 Å². The standard InChI is InChI=1S/C14H12BN3O4/c1-17-8-13(19)21-15(22-14(20)9-17)11-7-18-5-3-2-4-12(18)10(11)6-16/h2-5,7H,8-9H2,1H3. The van der Waals surface area contributed by atoms with Crippen molar-refractivity contribution in [3.63, 3.8) is 0 Å². The summed E-state index contributed by atoms with van der Waals surface area (Å²) in [5, 5.41) is 9.38. The minimum absolute atomic E-state index is 0.0130. The van der Waals surface area contributed by atoms with Crippen LogP contribution in [-0.2, 0) is 18.9 Å². The average Bonchev–Trinajstić information content (AvgIpc) is 2.83. The summed E-state index contributed by atoms with van der Waals surface area (Å²) in [5.41, 5.74) is 1.34. The van der Waals surface area contributed by atoms with Gasteiger partial charge in [0.05, 0.1) is 24.2 Å². The third-order valence-corrected chi connectivity index (χ3v) is 3.35. The Balaban J connectivity index is 2.03. The molecule has 0 unspecified atom stereocenters. The molecule has 0 amide bonds. The predicted molar refractivity (Wildman–Crippen MR) is 77.2 cm³/mol. The fourth-order valence-corrected chi connectivity index (χ4v) is 2.40. The third-order valence-electron chi connectivity index (χ3n) is 3.35. The molecule has 8 heteroatoms. The largest absolute Gasteiger partial charge is 0.639 e. The van der Waals surface area contributed by atoms with Crippen LogP contribution >= 0.6 is 0 Å². The van der Waals surface area contributed by atoms with Crippen molar-refractivity contribution in [1.82, 2.24) is 9.30 Å². The quantitative estimate of drug-likeness (QED) is 0.662. The van der Waals surface area contributed by atoms with E-state index < -0.39 is 19.1 Å². The van der Waals surface area contributed by atoms with Crippen molar-refractivity contribution >= 4 is 30.0 Å². The second-order valence-corrected chi connectivity index (χ2v) is 5.05. The molecule has 1 aliphatic rings. The lowest BCUT2D eigenvalue weighted by molar-refractivity contribution is -0.145. The summed E-state index contributed by atoms with van der Waals surface area (Å²) in [6.07, 6.45) is 3.39. The van der Waals surface area contributed by atoms with E-state index in [1.807, 2.05) is 6.07 Å². The van der Waals surface area contributed by atoms with Crippen LogP contribution in [0, 0.1) is 11.3 Å². The molecule has 0 saturated carbocycles. The van der Waals surface area contributed by atoms with E-state index >= 15 is 0 Å². The number of rotatable bonds is 1. The van der Waals surface area contributed by atoms with Gasteiger partial charge in [-0.05, 0) is 19.2 Å². The molecule has 0 bridgehead atoms. The van der Waals surface area contributed by atoms with Gasteiger partial charge in [0, 0.05) is 17.9 Å². The first kappa shape index (κ1) is 14.2. The molecule has 0 aliphatic carbocycles. The van der Waals surface area contributed by atoms with E-state index in [0.29, 0.717) is 16.5 Å². The molecule has 1 aliphatic heterocycles. The van der Waals surface area contributed by atoms with Gasteiger partial charge in [0.25, 0.3) is 0 Å². The lowest BCUT2D eigenvalue weighted by atomic mass is 9.77. The maximum Gasteiger partial charge on any atom is 0.639 e. The molecular formula is C14H12BN3O4. The maximum absolute atomic E-state index is 11.8. The highest BCUT2D eigenvalue weighted by Crippen LogP contribution is 2.12. The first-order valence-electron chi connectivity index (χ1n) is 6.65. The molecule has 0 spiro atoms. The average molecular weight is 297 g/mol. The van der Waals surface area contributed by atoms with Crippen molar-refractivity contribution in [3.05, 3.63) is 36.2 Å². The van der Waals surface area contributed by atoms with E-state index in [4.69, 9.17) is 9.31 Å². The number of hydrogen-bond acceptors (Lipinski definition) is 6. The summed E-state index contributed by atoms with van der Waals surface area (Å²) in [6, 6.07) is 7.45. The fourth-order valence-electron chi connectivity index (χ4n) is 2.40. The van der Waals surface area contributed by atoms with Crippen molar-refractivity contribution in [2.75, 3.05) is 20.1 Å². The smallest absolute Gasteiger partial charge is 0.494 e. The SMILES string of the molecule is CN1CC(=O)OB(c2cn3ccccc3c2C#N)OC(=O)C1. The van der Waals surface area contributed by atoms with E-state index in [-0.39, 0.29) is 13.1 Å². The van der Waals surface area contributed by atoms with Crippen LogP contribution in [0.1, 0.15) is 5.56 Å². The molecule has 110 valence electrons. The Labute approximate surface area is 126 Å². The Morgan fingerprint density at radius 2 is 1.91 bits per heavy atom. The van der Waals surface area contributed by atoms with Crippen LogP contribution < -0.4 is 5.46 Å². The molecule has 0 atom stereocenters. The topological polar surface area (TPSA) is 84.0 Å². The number of carbonyl (C=O) groups excluding carboxylic acids is 2. The normalized spacial score (nSPS) is 16.6. The number of carbonyl (C=O) groups is 2. The second kappa shape index (κ2) is 5.54. The fraction of sp³-hybridized carbons (Fsp3) is 0.214. The zero-order valence-electron chi connectivity index (χ0n) is 11.9. The molecular weight excluding hydrogens is 285 g/mol. The van der Waals surface area contributed by atoms with Crippen LogP contribution in [0.15, 0.2) is 30.6 Å². The van der Waals surface area contributed by atoms with Crippen LogP contribution in [0.5, 0.6) is 0 Å². The summed E-state index contributed by atoms with van der Waals surface area (Å²) >= 11 is 0. The van der Waals surface area contributed by atoms with Gasteiger partial charge >= 0.3 is 19.1 Å². The van der Waals surface area contributed by atoms with Gasteiger partial charge < -0.3 is 13.7 Å². The van der Waals surface area contributed by atoms with Gasteiger partial charge in [-0.3, -0.25) is 14.5 Å². The van der Waals surface area contributed by atoms with Gasteiger partial charge in [0.1, 0.15) is 6.07 Å². The first-order valence-corrected chi connectivity index (χ1v) is 6.65. The summed E-state index contributed by atoms with van der Waals surface area (Å²) < 4.78 is 12.1. The Hall–Kier alpha value is -2.79. The molecule has 1 saturated heterocycles. The van der Waals surface area contributed by atoms with Crippen molar-refractivity contribution in [2.45, 2.75) is 0 Å². The van der Waals surface area contributed by atoms with Crippen LogP contribution in [0.3, 0.4) is 0 Å². The summed E-state index contributed by atoms with van der Waals surface area (Å²) in [5.74, 6) is -1.03. The number of hydrogen-bond donors (Lipinski definition) is 0. The highest BCUT2D eigenvalue weighted by atomic mass is 16.6. The molecule has 1 fully saturated rings. The number of pyridine rings is 1.